The summed E-state index contributed by atoms with van der Waals surface area (Å²) in [5, 5.41) is 6.41. The quantitative estimate of drug-likeness (QED) is 0.845. The van der Waals surface area contributed by atoms with Crippen molar-refractivity contribution in [2.45, 2.75) is 40.2 Å². The fourth-order valence-corrected chi connectivity index (χ4v) is 1.84. The molecule has 5 nitrogen and oxygen atoms in total. The molecule has 0 fully saturated rings. The highest BCUT2D eigenvalue weighted by Gasteiger charge is 2.15. The van der Waals surface area contributed by atoms with Crippen LogP contribution in [0, 0.1) is 12.8 Å². The smallest absolute Gasteiger partial charge is 0.240 e. The van der Waals surface area contributed by atoms with Gasteiger partial charge in [-0.3, -0.25) is 15.0 Å². The molecule has 1 aromatic rings. The lowest BCUT2D eigenvalue weighted by Crippen LogP contribution is -2.37. The number of carbonyl (C=O) groups is 1. The van der Waals surface area contributed by atoms with Gasteiger partial charge in [-0.25, -0.2) is 0 Å². The van der Waals surface area contributed by atoms with E-state index in [1.54, 1.807) is 6.07 Å². The van der Waals surface area contributed by atoms with Gasteiger partial charge in [0.2, 0.25) is 11.8 Å². The second-order valence-electron chi connectivity index (χ2n) is 5.27. The maximum absolute atomic E-state index is 11.8. The summed E-state index contributed by atoms with van der Waals surface area (Å²) in [6, 6.07) is 2.09. The monoisotopic (exact) mass is 253 g/mol. The Hall–Kier alpha value is -1.36. The van der Waals surface area contributed by atoms with Crippen LogP contribution in [0.1, 0.15) is 32.9 Å². The van der Waals surface area contributed by atoms with Gasteiger partial charge >= 0.3 is 0 Å². The predicted octanol–water partition coefficient (Wildman–Crippen LogP) is 2.29. The van der Waals surface area contributed by atoms with Crippen LogP contribution in [-0.2, 0) is 4.79 Å². The van der Waals surface area contributed by atoms with Crippen molar-refractivity contribution in [3.63, 3.8) is 0 Å². The molecule has 0 aliphatic carbocycles. The number of rotatable bonds is 6. The van der Waals surface area contributed by atoms with Crippen LogP contribution in [0.4, 0.5) is 5.88 Å². The van der Waals surface area contributed by atoms with E-state index in [-0.39, 0.29) is 5.91 Å². The number of hydrogen-bond donors (Lipinski definition) is 1. The summed E-state index contributed by atoms with van der Waals surface area (Å²) in [6.45, 7) is 8.67. The van der Waals surface area contributed by atoms with Gasteiger partial charge in [0, 0.05) is 12.1 Å². The molecule has 1 heterocycles. The number of aromatic nitrogens is 1. The Morgan fingerprint density at radius 1 is 1.50 bits per heavy atom. The zero-order valence-corrected chi connectivity index (χ0v) is 11.9. The highest BCUT2D eigenvalue weighted by Crippen LogP contribution is 2.11. The molecule has 18 heavy (non-hydrogen) atoms. The van der Waals surface area contributed by atoms with Crippen LogP contribution in [0.3, 0.4) is 0 Å². The van der Waals surface area contributed by atoms with E-state index in [1.165, 1.54) is 0 Å². The molecule has 1 atom stereocenters. The Morgan fingerprint density at radius 2 is 2.17 bits per heavy atom. The molecule has 1 aromatic heterocycles. The number of nitrogens with one attached hydrogen (secondary N) is 1. The number of likely N-dealkylation sites (N-methyl/N-ethyl adjacent to an activating group) is 1. The van der Waals surface area contributed by atoms with E-state index in [4.69, 9.17) is 4.52 Å². The average molecular weight is 253 g/mol. The van der Waals surface area contributed by atoms with Crippen molar-refractivity contribution in [2.24, 2.45) is 5.92 Å². The van der Waals surface area contributed by atoms with Crippen LogP contribution in [0.2, 0.25) is 0 Å². The number of carbonyl (C=O) groups excluding carboxylic acids is 1. The molecule has 0 radical (unpaired) electrons. The summed E-state index contributed by atoms with van der Waals surface area (Å²) in [5.41, 5.74) is 0.756. The first-order valence-electron chi connectivity index (χ1n) is 6.32. The molecule has 1 unspecified atom stereocenters. The first-order chi connectivity index (χ1) is 8.38. The van der Waals surface area contributed by atoms with Crippen LogP contribution in [-0.4, -0.2) is 35.6 Å². The van der Waals surface area contributed by atoms with Gasteiger partial charge < -0.3 is 4.52 Å². The first-order valence-corrected chi connectivity index (χ1v) is 6.32. The second-order valence-corrected chi connectivity index (χ2v) is 5.27. The predicted molar refractivity (Wildman–Crippen MR) is 71.4 cm³/mol. The maximum atomic E-state index is 11.8. The molecule has 102 valence electrons. The number of hydrogen-bond acceptors (Lipinski definition) is 4. The summed E-state index contributed by atoms with van der Waals surface area (Å²) >= 11 is 0. The van der Waals surface area contributed by atoms with Gasteiger partial charge in [-0.1, -0.05) is 19.0 Å². The van der Waals surface area contributed by atoms with Crippen molar-refractivity contribution in [3.8, 4) is 0 Å². The van der Waals surface area contributed by atoms with Crippen LogP contribution in [0.25, 0.3) is 0 Å². The number of nitrogens with zero attached hydrogens (tertiary/aromatic N) is 2. The Balaban J connectivity index is 2.39. The summed E-state index contributed by atoms with van der Waals surface area (Å²) in [5.74, 6) is 0.953. The molecule has 0 saturated carbocycles. The third kappa shape index (κ3) is 4.87. The Morgan fingerprint density at radius 3 is 2.67 bits per heavy atom. The molecule has 0 spiro atoms. The minimum absolute atomic E-state index is 0.0794. The van der Waals surface area contributed by atoms with Crippen molar-refractivity contribution in [1.29, 1.82) is 0 Å². The van der Waals surface area contributed by atoms with Gasteiger partial charge in [0.25, 0.3) is 0 Å². The van der Waals surface area contributed by atoms with Gasteiger partial charge in [0.05, 0.1) is 12.2 Å². The van der Waals surface area contributed by atoms with Crippen LogP contribution in [0.15, 0.2) is 10.6 Å². The zero-order chi connectivity index (χ0) is 13.7. The summed E-state index contributed by atoms with van der Waals surface area (Å²) in [6.07, 6.45) is 1.07. The number of aryl methyl sites for hydroxylation is 1. The Kier molecular flexibility index (Phi) is 5.34. The Bertz CT molecular complexity index is 387. The lowest BCUT2D eigenvalue weighted by atomic mass is 10.0. The van der Waals surface area contributed by atoms with Gasteiger partial charge in [-0.05, 0) is 33.2 Å². The lowest BCUT2D eigenvalue weighted by molar-refractivity contribution is -0.117. The highest BCUT2D eigenvalue weighted by atomic mass is 16.5. The molecule has 0 aliphatic rings. The van der Waals surface area contributed by atoms with Gasteiger partial charge in [0.15, 0.2) is 0 Å². The maximum Gasteiger partial charge on any atom is 0.240 e. The molecule has 0 aromatic carbocycles. The third-order valence-corrected chi connectivity index (χ3v) is 2.85. The number of amides is 1. The van der Waals surface area contributed by atoms with Crippen molar-refractivity contribution >= 4 is 11.8 Å². The van der Waals surface area contributed by atoms with E-state index in [2.05, 4.69) is 31.2 Å². The van der Waals surface area contributed by atoms with Crippen molar-refractivity contribution in [3.05, 3.63) is 11.8 Å². The van der Waals surface area contributed by atoms with E-state index in [0.29, 0.717) is 24.4 Å². The van der Waals surface area contributed by atoms with E-state index in [0.717, 1.165) is 12.1 Å². The minimum Gasteiger partial charge on any atom is -0.338 e. The van der Waals surface area contributed by atoms with Crippen molar-refractivity contribution in [2.75, 3.05) is 18.9 Å². The molecule has 0 aliphatic heterocycles. The SMILES string of the molecule is Cc1cc(NC(=O)CN(C)C(C)CC(C)C)on1. The molecule has 1 rings (SSSR count). The van der Waals surface area contributed by atoms with Crippen molar-refractivity contribution < 1.29 is 9.32 Å². The third-order valence-electron chi connectivity index (χ3n) is 2.85. The molecule has 0 saturated heterocycles. The van der Waals surface area contributed by atoms with Crippen LogP contribution in [0.5, 0.6) is 0 Å². The topological polar surface area (TPSA) is 58.4 Å². The largest absolute Gasteiger partial charge is 0.338 e. The zero-order valence-electron chi connectivity index (χ0n) is 11.9. The molecule has 1 N–H and O–H groups in total. The molecule has 1 amide bonds. The fourth-order valence-electron chi connectivity index (χ4n) is 1.84. The summed E-state index contributed by atoms with van der Waals surface area (Å²) < 4.78 is 4.94. The van der Waals surface area contributed by atoms with Crippen LogP contribution < -0.4 is 5.32 Å². The molecular formula is C13H23N3O2. The van der Waals surface area contributed by atoms with Gasteiger partial charge in [0.1, 0.15) is 0 Å². The summed E-state index contributed by atoms with van der Waals surface area (Å²) in [7, 11) is 1.96. The normalized spacial score (nSPS) is 13.1. The lowest BCUT2D eigenvalue weighted by Gasteiger charge is -2.25. The average Bonchev–Trinajstić information content (AvgIpc) is 2.62. The second kappa shape index (κ2) is 6.54. The van der Waals surface area contributed by atoms with E-state index in [9.17, 15) is 4.79 Å². The Labute approximate surface area is 109 Å². The highest BCUT2D eigenvalue weighted by molar-refractivity contribution is 5.90. The van der Waals surface area contributed by atoms with Gasteiger partial charge in [-0.15, -0.1) is 0 Å². The molecule has 0 bridgehead atoms. The van der Waals surface area contributed by atoms with E-state index < -0.39 is 0 Å². The first kappa shape index (κ1) is 14.7. The standard InChI is InChI=1S/C13H23N3O2/c1-9(2)6-11(4)16(5)8-12(17)14-13-7-10(3)15-18-13/h7,9,11H,6,8H2,1-5H3,(H,14,17). The molecule has 5 heteroatoms. The van der Waals surface area contributed by atoms with Crippen molar-refractivity contribution in [1.82, 2.24) is 10.1 Å². The van der Waals surface area contributed by atoms with E-state index >= 15 is 0 Å². The fraction of sp³-hybridized carbons (Fsp3) is 0.692. The van der Waals surface area contributed by atoms with E-state index in [1.807, 2.05) is 18.9 Å². The number of anilines is 1. The molecular weight excluding hydrogens is 230 g/mol. The summed E-state index contributed by atoms with van der Waals surface area (Å²) in [4.78, 5) is 13.8. The minimum atomic E-state index is -0.0794. The van der Waals surface area contributed by atoms with Gasteiger partial charge in [-0.2, -0.15) is 0 Å². The van der Waals surface area contributed by atoms with Crippen LogP contribution >= 0.6 is 0 Å².